The van der Waals surface area contributed by atoms with Crippen LogP contribution in [0.1, 0.15) is 11.1 Å². The number of nitrogens with zero attached hydrogens (tertiary/aromatic N) is 2. The first-order valence-corrected chi connectivity index (χ1v) is 6.66. The lowest BCUT2D eigenvalue weighted by atomic mass is 10.1. The summed E-state index contributed by atoms with van der Waals surface area (Å²) in [7, 11) is 0. The quantitative estimate of drug-likeness (QED) is 0.506. The molecule has 1 heterocycles. The van der Waals surface area contributed by atoms with Gasteiger partial charge in [0.15, 0.2) is 6.19 Å². The fourth-order valence-electron chi connectivity index (χ4n) is 2.32. The van der Waals surface area contributed by atoms with Crippen molar-refractivity contribution in [2.75, 3.05) is 4.90 Å². The van der Waals surface area contributed by atoms with Crippen LogP contribution < -0.4 is 10.2 Å². The number of hydrogen-bond acceptors (Lipinski definition) is 3. The number of carbonyl (C=O) groups excluding carboxylic acids is 1. The summed E-state index contributed by atoms with van der Waals surface area (Å²) < 4.78 is 0. The molecule has 0 aromatic heterocycles. The van der Waals surface area contributed by atoms with Crippen LogP contribution >= 0.6 is 0 Å². The highest BCUT2D eigenvalue weighted by molar-refractivity contribution is 6.15. The second kappa shape index (κ2) is 5.54. The van der Waals surface area contributed by atoms with E-state index in [0.717, 1.165) is 16.0 Å². The third-order valence-electron chi connectivity index (χ3n) is 3.35. The highest BCUT2D eigenvalue weighted by atomic mass is 16.2. The molecule has 106 valence electrons. The number of carbonyl (C=O) groups is 1. The van der Waals surface area contributed by atoms with E-state index in [9.17, 15) is 10.1 Å². The Labute approximate surface area is 127 Å². The average Bonchev–Trinajstić information content (AvgIpc) is 2.86. The highest BCUT2D eigenvalue weighted by Crippen LogP contribution is 2.24. The molecular weight excluding hydrogens is 276 g/mol. The Morgan fingerprint density at radius 3 is 2.41 bits per heavy atom. The van der Waals surface area contributed by atoms with E-state index in [0.29, 0.717) is 11.4 Å². The number of nitrogens with one attached hydrogen (secondary N) is 2. The van der Waals surface area contributed by atoms with Gasteiger partial charge in [-0.25, -0.2) is 4.90 Å². The number of amidine groups is 1. The van der Waals surface area contributed by atoms with Gasteiger partial charge in [-0.2, -0.15) is 5.26 Å². The van der Waals surface area contributed by atoms with E-state index in [2.05, 4.69) is 5.32 Å². The molecule has 3 rings (SSSR count). The van der Waals surface area contributed by atoms with Gasteiger partial charge in [0.05, 0.1) is 11.4 Å². The van der Waals surface area contributed by atoms with Gasteiger partial charge in [-0.15, -0.1) is 0 Å². The van der Waals surface area contributed by atoms with Gasteiger partial charge in [-0.1, -0.05) is 42.5 Å². The van der Waals surface area contributed by atoms with Crippen molar-refractivity contribution < 1.29 is 4.79 Å². The molecule has 2 aromatic carbocycles. The predicted molar refractivity (Wildman–Crippen MR) is 83.9 cm³/mol. The summed E-state index contributed by atoms with van der Waals surface area (Å²) in [5, 5.41) is 20.0. The van der Waals surface area contributed by atoms with Gasteiger partial charge in [0.25, 0.3) is 5.91 Å². The number of rotatable bonds is 2. The molecule has 0 bridgehead atoms. The summed E-state index contributed by atoms with van der Waals surface area (Å²) >= 11 is 0. The van der Waals surface area contributed by atoms with Gasteiger partial charge in [0.2, 0.25) is 0 Å². The van der Waals surface area contributed by atoms with Crippen molar-refractivity contribution in [1.29, 1.82) is 10.7 Å². The molecule has 1 aliphatic rings. The number of amides is 1. The van der Waals surface area contributed by atoms with Gasteiger partial charge in [-0.3, -0.25) is 10.2 Å². The first-order chi connectivity index (χ1) is 10.7. The van der Waals surface area contributed by atoms with Crippen molar-refractivity contribution in [2.24, 2.45) is 0 Å². The first-order valence-electron chi connectivity index (χ1n) is 6.66. The molecule has 0 unspecified atom stereocenters. The van der Waals surface area contributed by atoms with Crippen molar-refractivity contribution in [3.8, 4) is 6.19 Å². The largest absolute Gasteiger partial charge is 0.340 e. The highest BCUT2D eigenvalue weighted by Gasteiger charge is 2.22. The molecule has 1 aliphatic heterocycles. The lowest BCUT2D eigenvalue weighted by Crippen LogP contribution is -2.24. The number of anilines is 1. The van der Waals surface area contributed by atoms with E-state index in [1.807, 2.05) is 36.5 Å². The average molecular weight is 288 g/mol. The Hall–Kier alpha value is -3.39. The number of nitriles is 1. The normalized spacial score (nSPS) is 14.1. The van der Waals surface area contributed by atoms with Crippen LogP contribution in [0.3, 0.4) is 0 Å². The zero-order chi connectivity index (χ0) is 15.5. The molecule has 0 fully saturated rings. The van der Waals surface area contributed by atoms with Crippen molar-refractivity contribution in [2.45, 2.75) is 0 Å². The standard InChI is InChI=1S/C17H12N4O/c18-11-21(12-6-2-1-3-7-12)16(22)10-15-13-8-4-5-9-14(13)17(19)20-15/h1-10H,(H2,19,20)/b15-10-. The Bertz CT molecular complexity index is 818. The van der Waals surface area contributed by atoms with E-state index in [-0.39, 0.29) is 5.84 Å². The third-order valence-corrected chi connectivity index (χ3v) is 3.35. The van der Waals surface area contributed by atoms with Crippen LogP contribution in [0.25, 0.3) is 5.70 Å². The number of para-hydroxylation sites is 1. The monoisotopic (exact) mass is 288 g/mol. The van der Waals surface area contributed by atoms with Crippen LogP contribution in [0.15, 0.2) is 60.7 Å². The van der Waals surface area contributed by atoms with Crippen LogP contribution in [-0.4, -0.2) is 11.7 Å². The minimum absolute atomic E-state index is 0.248. The van der Waals surface area contributed by atoms with Crippen molar-refractivity contribution in [1.82, 2.24) is 5.32 Å². The SMILES string of the molecule is N#CN(C(=O)/C=C1\NC(=N)c2ccccc21)c1ccccc1. The maximum Gasteiger partial charge on any atom is 0.266 e. The predicted octanol–water partition coefficient (Wildman–Crippen LogP) is 2.47. The Morgan fingerprint density at radius 2 is 1.73 bits per heavy atom. The molecule has 0 radical (unpaired) electrons. The Morgan fingerprint density at radius 1 is 1.09 bits per heavy atom. The number of hydrogen-bond donors (Lipinski definition) is 2. The second-order valence-corrected chi connectivity index (χ2v) is 4.71. The minimum Gasteiger partial charge on any atom is -0.340 e. The Kier molecular flexibility index (Phi) is 3.42. The minimum atomic E-state index is -0.458. The zero-order valence-electron chi connectivity index (χ0n) is 11.6. The maximum absolute atomic E-state index is 12.4. The molecule has 0 spiro atoms. The molecule has 0 saturated carbocycles. The molecule has 2 N–H and O–H groups in total. The fourth-order valence-corrected chi connectivity index (χ4v) is 2.32. The van der Waals surface area contributed by atoms with Gasteiger partial charge < -0.3 is 5.32 Å². The topological polar surface area (TPSA) is 80.0 Å². The van der Waals surface area contributed by atoms with E-state index in [1.54, 1.807) is 24.3 Å². The van der Waals surface area contributed by atoms with Gasteiger partial charge in [0, 0.05) is 17.2 Å². The lowest BCUT2D eigenvalue weighted by Gasteiger charge is -2.11. The smallest absolute Gasteiger partial charge is 0.266 e. The molecule has 0 aliphatic carbocycles. The third kappa shape index (κ3) is 2.34. The second-order valence-electron chi connectivity index (χ2n) is 4.71. The van der Waals surface area contributed by atoms with Gasteiger partial charge in [-0.05, 0) is 12.1 Å². The fraction of sp³-hybridized carbons (Fsp3) is 0. The van der Waals surface area contributed by atoms with Crippen molar-refractivity contribution >= 4 is 23.1 Å². The zero-order valence-corrected chi connectivity index (χ0v) is 11.6. The van der Waals surface area contributed by atoms with E-state index in [4.69, 9.17) is 5.41 Å². The van der Waals surface area contributed by atoms with Gasteiger partial charge >= 0.3 is 0 Å². The summed E-state index contributed by atoms with van der Waals surface area (Å²) in [6.07, 6.45) is 3.23. The summed E-state index contributed by atoms with van der Waals surface area (Å²) in [6, 6.07) is 16.1. The summed E-state index contributed by atoms with van der Waals surface area (Å²) in [5.74, 6) is -0.210. The summed E-state index contributed by atoms with van der Waals surface area (Å²) in [6.45, 7) is 0. The summed E-state index contributed by atoms with van der Waals surface area (Å²) in [4.78, 5) is 13.4. The van der Waals surface area contributed by atoms with Crippen LogP contribution in [0.2, 0.25) is 0 Å². The van der Waals surface area contributed by atoms with Crippen LogP contribution in [-0.2, 0) is 4.79 Å². The molecule has 1 amide bonds. The molecular formula is C17H12N4O. The molecule has 0 atom stereocenters. The first kappa shape index (κ1) is 13.6. The van der Waals surface area contributed by atoms with E-state index >= 15 is 0 Å². The van der Waals surface area contributed by atoms with Crippen LogP contribution in [0, 0.1) is 16.9 Å². The number of fused-ring (bicyclic) bond motifs is 1. The molecule has 2 aromatic rings. The van der Waals surface area contributed by atoms with Crippen molar-refractivity contribution in [3.63, 3.8) is 0 Å². The van der Waals surface area contributed by atoms with Crippen LogP contribution in [0.4, 0.5) is 5.69 Å². The molecule has 5 nitrogen and oxygen atoms in total. The number of benzene rings is 2. The van der Waals surface area contributed by atoms with E-state index < -0.39 is 5.91 Å². The molecule has 0 saturated heterocycles. The molecule has 5 heteroatoms. The van der Waals surface area contributed by atoms with Crippen molar-refractivity contribution in [3.05, 3.63) is 71.8 Å². The van der Waals surface area contributed by atoms with Crippen LogP contribution in [0.5, 0.6) is 0 Å². The van der Waals surface area contributed by atoms with Gasteiger partial charge in [0.1, 0.15) is 5.84 Å². The maximum atomic E-state index is 12.4. The summed E-state index contributed by atoms with van der Waals surface area (Å²) in [5.41, 5.74) is 2.56. The Balaban J connectivity index is 1.95. The van der Waals surface area contributed by atoms with E-state index in [1.165, 1.54) is 6.08 Å². The molecule has 22 heavy (non-hydrogen) atoms. The lowest BCUT2D eigenvalue weighted by molar-refractivity contribution is -0.113.